The van der Waals surface area contributed by atoms with Crippen molar-refractivity contribution in [2.75, 3.05) is 0 Å². The number of nitrogens with two attached hydrogens (primary N) is 1. The van der Waals surface area contributed by atoms with E-state index in [0.717, 1.165) is 6.42 Å². The second-order valence-corrected chi connectivity index (χ2v) is 6.26. The molecular formula is C17H36BrN. The Morgan fingerprint density at radius 3 is 1.58 bits per heavy atom. The van der Waals surface area contributed by atoms with Gasteiger partial charge in [0.05, 0.1) is 0 Å². The molecule has 2 heteroatoms. The second-order valence-electron chi connectivity index (χ2n) is 6.26. The molecule has 1 nitrogen and oxygen atoms in total. The maximum atomic E-state index is 6.00. The molecule has 0 aromatic heterocycles. The molecule has 0 aliphatic heterocycles. The molecule has 0 unspecified atom stereocenters. The third-order valence-corrected chi connectivity index (χ3v) is 3.74. The van der Waals surface area contributed by atoms with Crippen LogP contribution in [0.2, 0.25) is 0 Å². The fourth-order valence-corrected chi connectivity index (χ4v) is 2.15. The Balaban J connectivity index is 0. The predicted octanol–water partition coefficient (Wildman–Crippen LogP) is 6.17. The van der Waals surface area contributed by atoms with E-state index in [-0.39, 0.29) is 22.5 Å². The first-order chi connectivity index (χ1) is 8.48. The van der Waals surface area contributed by atoms with Gasteiger partial charge in [0.15, 0.2) is 0 Å². The molecule has 0 atom stereocenters. The van der Waals surface area contributed by atoms with Crippen LogP contribution >= 0.6 is 17.0 Å². The Labute approximate surface area is 132 Å². The summed E-state index contributed by atoms with van der Waals surface area (Å²) in [6.45, 7) is 10.4. The number of hydrogen-bond acceptors (Lipinski definition) is 1. The lowest BCUT2D eigenvalue weighted by atomic mass is 9.92. The molecule has 2 N–H and O–H groups in total. The van der Waals surface area contributed by atoms with Crippen LogP contribution in [-0.4, -0.2) is 5.54 Å². The molecule has 0 amide bonds. The lowest BCUT2D eigenvalue weighted by molar-refractivity contribution is 0.536. The van der Waals surface area contributed by atoms with Crippen LogP contribution in [0, 0.1) is 0 Å². The largest absolute Gasteiger partial charge is 0.322 e. The zero-order valence-corrected chi connectivity index (χ0v) is 15.2. The third kappa shape index (κ3) is 14.4. The number of hydrogen-bond donors (Lipinski definition) is 1. The standard InChI is InChI=1S/C17H35N.BrH/c1-5-6-7-8-9-10-11-12-13-14-15-16(2)17(3,4)18;/h2,5-15,18H2,1,3-4H3;1H. The van der Waals surface area contributed by atoms with Gasteiger partial charge in [0, 0.05) is 5.54 Å². The molecule has 0 heterocycles. The van der Waals surface area contributed by atoms with Gasteiger partial charge in [-0.05, 0) is 26.7 Å². The van der Waals surface area contributed by atoms with Crippen molar-refractivity contribution < 1.29 is 0 Å². The lowest BCUT2D eigenvalue weighted by Gasteiger charge is -2.21. The summed E-state index contributed by atoms with van der Waals surface area (Å²) in [5.74, 6) is 0. The Hall–Kier alpha value is 0.180. The summed E-state index contributed by atoms with van der Waals surface area (Å²) in [6, 6.07) is 0. The maximum absolute atomic E-state index is 6.00. The molecule has 0 spiro atoms. The van der Waals surface area contributed by atoms with Gasteiger partial charge >= 0.3 is 0 Å². The van der Waals surface area contributed by atoms with Crippen LogP contribution in [0.1, 0.15) is 91.4 Å². The lowest BCUT2D eigenvalue weighted by Crippen LogP contribution is -2.33. The van der Waals surface area contributed by atoms with Gasteiger partial charge in [-0.3, -0.25) is 0 Å². The SMILES string of the molecule is Br.C=C(CCCCCCCCCCCC)C(C)(C)N. The van der Waals surface area contributed by atoms with Crippen molar-refractivity contribution >= 4 is 17.0 Å². The van der Waals surface area contributed by atoms with Crippen LogP contribution in [-0.2, 0) is 0 Å². The highest BCUT2D eigenvalue weighted by Crippen LogP contribution is 2.18. The monoisotopic (exact) mass is 333 g/mol. The predicted molar refractivity (Wildman–Crippen MR) is 94.2 cm³/mol. The second kappa shape index (κ2) is 13.2. The molecular weight excluding hydrogens is 298 g/mol. The number of halogens is 1. The molecule has 0 saturated carbocycles. The minimum Gasteiger partial charge on any atom is -0.322 e. The van der Waals surface area contributed by atoms with Crippen LogP contribution in [0.15, 0.2) is 12.2 Å². The van der Waals surface area contributed by atoms with Crippen molar-refractivity contribution in [1.82, 2.24) is 0 Å². The van der Waals surface area contributed by atoms with Crippen LogP contribution < -0.4 is 5.73 Å². The molecule has 0 rings (SSSR count). The first-order valence-electron chi connectivity index (χ1n) is 7.95. The fourth-order valence-electron chi connectivity index (χ4n) is 2.15. The van der Waals surface area contributed by atoms with Crippen LogP contribution in [0.25, 0.3) is 0 Å². The summed E-state index contributed by atoms with van der Waals surface area (Å²) in [5, 5.41) is 0. The molecule has 0 aliphatic carbocycles. The zero-order valence-electron chi connectivity index (χ0n) is 13.5. The number of rotatable bonds is 12. The quantitative estimate of drug-likeness (QED) is 0.335. The van der Waals surface area contributed by atoms with E-state index in [4.69, 9.17) is 5.73 Å². The summed E-state index contributed by atoms with van der Waals surface area (Å²) < 4.78 is 0. The van der Waals surface area contributed by atoms with Crippen molar-refractivity contribution in [2.24, 2.45) is 5.73 Å². The van der Waals surface area contributed by atoms with E-state index in [1.54, 1.807) is 0 Å². The highest BCUT2D eigenvalue weighted by molar-refractivity contribution is 8.93. The van der Waals surface area contributed by atoms with Crippen LogP contribution in [0.4, 0.5) is 0 Å². The minimum atomic E-state index is -0.195. The maximum Gasteiger partial charge on any atom is 0.0308 e. The first-order valence-corrected chi connectivity index (χ1v) is 7.95. The first kappa shape index (κ1) is 21.5. The summed E-state index contributed by atoms with van der Waals surface area (Å²) in [5.41, 5.74) is 7.00. The Morgan fingerprint density at radius 1 is 0.842 bits per heavy atom. The van der Waals surface area contributed by atoms with Gasteiger partial charge in [0.2, 0.25) is 0 Å². The molecule has 0 fully saturated rings. The molecule has 0 radical (unpaired) electrons. The van der Waals surface area contributed by atoms with Crippen molar-refractivity contribution in [3.05, 3.63) is 12.2 Å². The van der Waals surface area contributed by atoms with Gasteiger partial charge in [-0.2, -0.15) is 0 Å². The van der Waals surface area contributed by atoms with Crippen molar-refractivity contribution in [2.45, 2.75) is 96.9 Å². The van der Waals surface area contributed by atoms with Crippen molar-refractivity contribution in [1.29, 1.82) is 0 Å². The van der Waals surface area contributed by atoms with Gasteiger partial charge in [0.25, 0.3) is 0 Å². The normalized spacial score (nSPS) is 11.2. The Bertz CT molecular complexity index is 206. The molecule has 0 aromatic carbocycles. The van der Waals surface area contributed by atoms with Crippen molar-refractivity contribution in [3.8, 4) is 0 Å². The van der Waals surface area contributed by atoms with E-state index in [2.05, 4.69) is 13.5 Å². The van der Waals surface area contributed by atoms with Gasteiger partial charge < -0.3 is 5.73 Å². The topological polar surface area (TPSA) is 26.0 Å². The summed E-state index contributed by atoms with van der Waals surface area (Å²) in [4.78, 5) is 0. The smallest absolute Gasteiger partial charge is 0.0308 e. The molecule has 0 saturated heterocycles. The summed E-state index contributed by atoms with van der Waals surface area (Å²) in [6.07, 6.45) is 15.0. The Kier molecular flexibility index (Phi) is 14.9. The molecule has 0 bridgehead atoms. The van der Waals surface area contributed by atoms with Gasteiger partial charge in [-0.1, -0.05) is 76.9 Å². The highest BCUT2D eigenvalue weighted by atomic mass is 79.9. The fraction of sp³-hybridized carbons (Fsp3) is 0.882. The van der Waals surface area contributed by atoms with Crippen molar-refractivity contribution in [3.63, 3.8) is 0 Å². The minimum absolute atomic E-state index is 0. The van der Waals surface area contributed by atoms with E-state index in [0.29, 0.717) is 0 Å². The van der Waals surface area contributed by atoms with Crippen LogP contribution in [0.3, 0.4) is 0 Å². The number of unbranched alkanes of at least 4 members (excludes halogenated alkanes) is 9. The third-order valence-electron chi connectivity index (χ3n) is 3.74. The van der Waals surface area contributed by atoms with Gasteiger partial charge in [0.1, 0.15) is 0 Å². The van der Waals surface area contributed by atoms with E-state index in [9.17, 15) is 0 Å². The van der Waals surface area contributed by atoms with Gasteiger partial charge in [-0.15, -0.1) is 17.0 Å². The van der Waals surface area contributed by atoms with E-state index in [1.807, 2.05) is 13.8 Å². The Morgan fingerprint density at radius 2 is 1.21 bits per heavy atom. The van der Waals surface area contributed by atoms with E-state index < -0.39 is 0 Å². The summed E-state index contributed by atoms with van der Waals surface area (Å²) >= 11 is 0. The van der Waals surface area contributed by atoms with Gasteiger partial charge in [-0.25, -0.2) is 0 Å². The van der Waals surface area contributed by atoms with Crippen LogP contribution in [0.5, 0.6) is 0 Å². The highest BCUT2D eigenvalue weighted by Gasteiger charge is 2.14. The molecule has 0 aromatic rings. The molecule has 19 heavy (non-hydrogen) atoms. The molecule has 116 valence electrons. The average Bonchev–Trinajstić information content (AvgIpc) is 2.30. The average molecular weight is 334 g/mol. The zero-order chi connectivity index (χ0) is 13.9. The molecule has 0 aliphatic rings. The van der Waals surface area contributed by atoms with E-state index in [1.165, 1.54) is 69.8 Å². The summed E-state index contributed by atoms with van der Waals surface area (Å²) in [7, 11) is 0. The van der Waals surface area contributed by atoms with E-state index >= 15 is 0 Å².